The zero-order chi connectivity index (χ0) is 48.1. The summed E-state index contributed by atoms with van der Waals surface area (Å²) in [5.41, 5.74) is 4.70. The van der Waals surface area contributed by atoms with Gasteiger partial charge in [-0.3, -0.25) is 23.0 Å². The second-order valence-corrected chi connectivity index (χ2v) is 19.5. The normalized spacial score (nSPS) is 12.9. The number of amides is 1. The number of anilines is 2. The lowest BCUT2D eigenvalue weighted by atomic mass is 10.1. The number of nitrogens with two attached hydrogens (primary N) is 1. The number of nitrogens with one attached hydrogen (secondary N) is 1. The van der Waals surface area contributed by atoms with Gasteiger partial charge in [0.05, 0.1) is 40.4 Å². The van der Waals surface area contributed by atoms with Crippen molar-refractivity contribution in [3.8, 4) is 11.5 Å². The summed E-state index contributed by atoms with van der Waals surface area (Å²) in [5.74, 6) is -1.39. The molecule has 1 amide bonds. The molecule has 0 bridgehead atoms. The fraction of sp³-hybridized carbons (Fsp3) is 0.0513. The number of phenolic OH excluding ortho intramolecular Hbond substituents is 1. The molecular formula is C39H30N8O15S4. The predicted octanol–water partition coefficient (Wildman–Crippen LogP) is 8.63. The SMILES string of the molecule is COc1cc(/N=N/c2ccc3c(S(=O)(=O)O)cccc3c2)c(NC(C)=O)cc1/N=N/c1ccc(/N=N/c2c(S(=O)(=O)O)cc3cc(S(=O)(=O)O)c(N)cc3c2O)c2cc(S(=O)(=O)O)ccc12. The molecule has 8 N–H and O–H groups in total. The average Bonchev–Trinajstić information content (AvgIpc) is 3.22. The number of nitrogen functional groups attached to an aromatic ring is 1. The third kappa shape index (κ3) is 9.67. The third-order valence-corrected chi connectivity index (χ3v) is 13.0. The summed E-state index contributed by atoms with van der Waals surface area (Å²) in [6, 6.07) is 19.7. The predicted molar refractivity (Wildman–Crippen MR) is 237 cm³/mol. The van der Waals surface area contributed by atoms with Gasteiger partial charge in [-0.05, 0) is 77.5 Å². The number of carbonyl (C=O) groups is 1. The van der Waals surface area contributed by atoms with Crippen LogP contribution in [0.1, 0.15) is 6.92 Å². The van der Waals surface area contributed by atoms with Gasteiger partial charge < -0.3 is 20.9 Å². The van der Waals surface area contributed by atoms with Gasteiger partial charge in [0.25, 0.3) is 40.5 Å². The summed E-state index contributed by atoms with van der Waals surface area (Å²) in [6.07, 6.45) is 0. The molecule has 0 spiro atoms. The highest BCUT2D eigenvalue weighted by atomic mass is 32.2. The Hall–Kier alpha value is -7.37. The van der Waals surface area contributed by atoms with Gasteiger partial charge in [-0.15, -0.1) is 25.6 Å². The quantitative estimate of drug-likeness (QED) is 0.0342. The van der Waals surface area contributed by atoms with Crippen LogP contribution in [-0.4, -0.2) is 70.0 Å². The fourth-order valence-electron chi connectivity index (χ4n) is 6.56. The molecule has 0 radical (unpaired) electrons. The number of aromatic hydroxyl groups is 1. The van der Waals surface area contributed by atoms with Gasteiger partial charge in [-0.2, -0.15) is 38.8 Å². The van der Waals surface area contributed by atoms with Gasteiger partial charge in [0, 0.05) is 34.5 Å². The zero-order valence-electron chi connectivity index (χ0n) is 33.4. The Labute approximate surface area is 373 Å². The molecule has 66 heavy (non-hydrogen) atoms. The molecule has 0 saturated carbocycles. The van der Waals surface area contributed by atoms with Crippen LogP contribution in [0.2, 0.25) is 0 Å². The van der Waals surface area contributed by atoms with Crippen molar-refractivity contribution in [1.29, 1.82) is 0 Å². The Kier molecular flexibility index (Phi) is 12.2. The van der Waals surface area contributed by atoms with E-state index in [9.17, 15) is 61.8 Å². The lowest BCUT2D eigenvalue weighted by Crippen LogP contribution is -2.05. The van der Waals surface area contributed by atoms with Crippen LogP contribution in [0.15, 0.2) is 147 Å². The summed E-state index contributed by atoms with van der Waals surface area (Å²) in [5, 5.41) is 38.8. The van der Waals surface area contributed by atoms with Crippen molar-refractivity contribution in [3.63, 3.8) is 0 Å². The number of rotatable bonds is 12. The van der Waals surface area contributed by atoms with E-state index in [0.717, 1.165) is 30.3 Å². The van der Waals surface area contributed by atoms with E-state index in [0.29, 0.717) is 5.39 Å². The molecule has 0 heterocycles. The van der Waals surface area contributed by atoms with E-state index in [1.54, 1.807) is 6.07 Å². The highest BCUT2D eigenvalue weighted by Gasteiger charge is 2.25. The smallest absolute Gasteiger partial charge is 0.296 e. The molecule has 0 aliphatic rings. The van der Waals surface area contributed by atoms with Crippen LogP contribution in [0.25, 0.3) is 32.3 Å². The lowest BCUT2D eigenvalue weighted by molar-refractivity contribution is -0.114. The van der Waals surface area contributed by atoms with Crippen molar-refractivity contribution < 1.29 is 66.5 Å². The highest BCUT2D eigenvalue weighted by molar-refractivity contribution is 7.86. The summed E-state index contributed by atoms with van der Waals surface area (Å²) in [6.45, 7) is 1.23. The number of methoxy groups -OCH3 is 1. The second kappa shape index (κ2) is 17.2. The molecule has 0 aliphatic heterocycles. The van der Waals surface area contributed by atoms with Crippen LogP contribution in [0, 0.1) is 0 Å². The van der Waals surface area contributed by atoms with E-state index < -0.39 is 78.2 Å². The minimum absolute atomic E-state index is 0.0315. The van der Waals surface area contributed by atoms with Crippen molar-refractivity contribution in [2.24, 2.45) is 30.7 Å². The molecule has 23 nitrogen and oxygen atoms in total. The van der Waals surface area contributed by atoms with Gasteiger partial charge in [0.15, 0.2) is 5.75 Å². The molecule has 0 aromatic heterocycles. The number of fused-ring (bicyclic) bond motifs is 3. The average molecular weight is 979 g/mol. The van der Waals surface area contributed by atoms with E-state index in [-0.39, 0.29) is 71.7 Å². The van der Waals surface area contributed by atoms with Crippen LogP contribution in [0.4, 0.5) is 45.5 Å². The molecule has 7 aromatic carbocycles. The summed E-state index contributed by atoms with van der Waals surface area (Å²) in [7, 11) is -18.2. The zero-order valence-corrected chi connectivity index (χ0v) is 36.7. The molecule has 27 heteroatoms. The maximum Gasteiger partial charge on any atom is 0.296 e. The van der Waals surface area contributed by atoms with Crippen LogP contribution < -0.4 is 15.8 Å². The number of nitrogens with zero attached hydrogens (tertiary/aromatic N) is 6. The Balaban J connectivity index is 1.30. The summed E-state index contributed by atoms with van der Waals surface area (Å²) < 4.78 is 141. The Bertz CT molecular complexity index is 3790. The number of phenols is 1. The van der Waals surface area contributed by atoms with Crippen molar-refractivity contribution in [3.05, 3.63) is 97.1 Å². The number of hydrogen-bond donors (Lipinski definition) is 7. The van der Waals surface area contributed by atoms with Gasteiger partial charge in [0.2, 0.25) is 5.91 Å². The van der Waals surface area contributed by atoms with E-state index in [4.69, 9.17) is 10.5 Å². The Morgan fingerprint density at radius 1 is 0.561 bits per heavy atom. The number of azo groups is 3. The number of ether oxygens (including phenoxy) is 1. The fourth-order valence-corrected chi connectivity index (χ4v) is 9.07. The molecule has 0 atom stereocenters. The molecule has 0 aliphatic carbocycles. The second-order valence-electron chi connectivity index (χ2n) is 13.9. The Morgan fingerprint density at radius 2 is 1.17 bits per heavy atom. The van der Waals surface area contributed by atoms with Crippen molar-refractivity contribution in [2.75, 3.05) is 18.2 Å². The van der Waals surface area contributed by atoms with Gasteiger partial charge in [-0.25, -0.2) is 0 Å². The van der Waals surface area contributed by atoms with Crippen LogP contribution in [0.5, 0.6) is 11.5 Å². The number of carbonyl (C=O) groups excluding carboxylic acids is 1. The van der Waals surface area contributed by atoms with Gasteiger partial charge >= 0.3 is 0 Å². The van der Waals surface area contributed by atoms with Gasteiger partial charge in [0.1, 0.15) is 37.5 Å². The number of benzene rings is 7. The van der Waals surface area contributed by atoms with Gasteiger partial charge in [-0.1, -0.05) is 24.3 Å². The van der Waals surface area contributed by atoms with Crippen molar-refractivity contribution >= 4 is 124 Å². The van der Waals surface area contributed by atoms with Crippen LogP contribution in [-0.2, 0) is 45.3 Å². The first-order valence-corrected chi connectivity index (χ1v) is 23.9. The first kappa shape index (κ1) is 46.6. The Morgan fingerprint density at radius 3 is 1.80 bits per heavy atom. The first-order valence-electron chi connectivity index (χ1n) is 18.2. The summed E-state index contributed by atoms with van der Waals surface area (Å²) in [4.78, 5) is 9.47. The molecule has 0 saturated heterocycles. The van der Waals surface area contributed by atoms with Crippen molar-refractivity contribution in [1.82, 2.24) is 0 Å². The minimum Gasteiger partial charge on any atom is -0.505 e. The third-order valence-electron chi connectivity index (χ3n) is 9.48. The molecule has 0 unspecified atom stereocenters. The maximum atomic E-state index is 12.5. The van der Waals surface area contributed by atoms with Crippen LogP contribution in [0.3, 0.4) is 0 Å². The molecule has 7 rings (SSSR count). The highest BCUT2D eigenvalue weighted by Crippen LogP contribution is 2.45. The standard InChI is InChI=1S/C39H30N8O15S4/c1-19(48)41-31-17-33(34(62-2)18-32(31)45-42-22-6-8-24-20(12-22)4-3-5-35(24)64(53,54)55)46-43-29-10-11-30(27-15-23(63(50,51)52)7-9-25(27)29)44-47-38-37(66(59,60)61)14-21-13-36(65(56,57)58)28(40)16-26(21)39(38)49/h3-18,49H,40H2,1-2H3,(H,41,48)(H,50,51,52)(H,53,54,55)(H,56,57,58)(H,59,60,61)/b45-42+,46-43+,47-44+. The van der Waals surface area contributed by atoms with Crippen molar-refractivity contribution in [2.45, 2.75) is 26.5 Å². The topological polar surface area (TPSA) is 376 Å². The minimum atomic E-state index is -5.23. The van der Waals surface area contributed by atoms with E-state index in [2.05, 4.69) is 36.0 Å². The molecule has 0 fully saturated rings. The maximum absolute atomic E-state index is 12.5. The lowest BCUT2D eigenvalue weighted by Gasteiger charge is -2.12. The molecule has 340 valence electrons. The first-order chi connectivity index (χ1) is 30.8. The monoisotopic (exact) mass is 978 g/mol. The molecule has 7 aromatic rings. The van der Waals surface area contributed by atoms with E-state index in [1.807, 2.05) is 0 Å². The largest absolute Gasteiger partial charge is 0.505 e. The summed E-state index contributed by atoms with van der Waals surface area (Å²) >= 11 is 0. The van der Waals surface area contributed by atoms with E-state index in [1.165, 1.54) is 74.7 Å². The van der Waals surface area contributed by atoms with Crippen LogP contribution >= 0.6 is 0 Å². The molecular weight excluding hydrogens is 949 g/mol. The van der Waals surface area contributed by atoms with E-state index >= 15 is 0 Å². The number of hydrogen-bond acceptors (Lipinski definition) is 18.